The molecule has 10 aromatic carbocycles. The Morgan fingerprint density at radius 1 is 0.339 bits per heavy atom. The lowest BCUT2D eigenvalue weighted by atomic mass is 9.98. The average molecular weight is 753 g/mol. The Labute approximate surface area is 341 Å². The summed E-state index contributed by atoms with van der Waals surface area (Å²) in [5.41, 5.74) is 13.2. The van der Waals surface area contributed by atoms with E-state index in [1.807, 2.05) is 12.1 Å². The van der Waals surface area contributed by atoms with Crippen LogP contribution in [0, 0.1) is 0 Å². The number of para-hydroxylation sites is 3. The molecular formula is C56H36N2O. The van der Waals surface area contributed by atoms with Crippen molar-refractivity contribution in [1.29, 1.82) is 0 Å². The average Bonchev–Trinajstić information content (AvgIpc) is 3.86. The molecule has 3 heteroatoms. The molecule has 0 aliphatic heterocycles. The van der Waals surface area contributed by atoms with Gasteiger partial charge in [-0.25, -0.2) is 0 Å². The highest BCUT2D eigenvalue weighted by atomic mass is 16.3. The SMILES string of the molecule is c1ccc(-c2ccc(N(c3ccc(-c4ccc5c(c4)c4ccccc4n5-c4cccc5c4oc4ccccc45)cc3)c3cc4ccccc4c4ccccc34)cc2)cc1. The highest BCUT2D eigenvalue weighted by Crippen LogP contribution is 2.44. The third-order valence-electron chi connectivity index (χ3n) is 12.0. The summed E-state index contributed by atoms with van der Waals surface area (Å²) in [6, 6.07) is 78.7. The number of fused-ring (bicyclic) bond motifs is 9. The number of benzene rings is 10. The first kappa shape index (κ1) is 33.3. The lowest BCUT2D eigenvalue weighted by Crippen LogP contribution is -2.10. The molecule has 0 fully saturated rings. The van der Waals surface area contributed by atoms with Crippen molar-refractivity contribution in [1.82, 2.24) is 4.57 Å². The number of rotatable bonds is 6. The minimum atomic E-state index is 0.898. The van der Waals surface area contributed by atoms with Crippen LogP contribution in [-0.4, -0.2) is 4.57 Å². The second-order valence-electron chi connectivity index (χ2n) is 15.3. The van der Waals surface area contributed by atoms with Gasteiger partial charge in [0.25, 0.3) is 0 Å². The zero-order valence-electron chi connectivity index (χ0n) is 32.1. The van der Waals surface area contributed by atoms with Crippen LogP contribution in [0.1, 0.15) is 0 Å². The largest absolute Gasteiger partial charge is 0.454 e. The Hall–Kier alpha value is -7.88. The van der Waals surface area contributed by atoms with Gasteiger partial charge in [-0.1, -0.05) is 158 Å². The molecule has 0 atom stereocenters. The minimum absolute atomic E-state index is 0.898. The fourth-order valence-electron chi connectivity index (χ4n) is 9.20. The molecule has 2 heterocycles. The van der Waals surface area contributed by atoms with Crippen LogP contribution in [0.4, 0.5) is 17.1 Å². The van der Waals surface area contributed by atoms with E-state index in [2.05, 4.69) is 216 Å². The normalized spacial score (nSPS) is 11.7. The van der Waals surface area contributed by atoms with E-state index in [0.29, 0.717) is 0 Å². The maximum atomic E-state index is 6.54. The molecule has 59 heavy (non-hydrogen) atoms. The van der Waals surface area contributed by atoms with Gasteiger partial charge in [0.1, 0.15) is 5.58 Å². The van der Waals surface area contributed by atoms with Crippen molar-refractivity contribution in [2.75, 3.05) is 4.90 Å². The first-order valence-corrected chi connectivity index (χ1v) is 20.2. The molecule has 0 amide bonds. The molecule has 0 unspecified atom stereocenters. The Kier molecular flexibility index (Phi) is 7.54. The molecule has 12 rings (SSSR count). The molecule has 3 nitrogen and oxygen atoms in total. The first-order valence-electron chi connectivity index (χ1n) is 20.2. The monoisotopic (exact) mass is 752 g/mol. The summed E-state index contributed by atoms with van der Waals surface area (Å²) in [5, 5.41) is 9.60. The molecule has 276 valence electrons. The van der Waals surface area contributed by atoms with Crippen LogP contribution in [0.3, 0.4) is 0 Å². The van der Waals surface area contributed by atoms with E-state index in [4.69, 9.17) is 4.42 Å². The maximum absolute atomic E-state index is 6.54. The van der Waals surface area contributed by atoms with Crippen molar-refractivity contribution >= 4 is 82.4 Å². The number of furan rings is 1. The molecule has 0 aliphatic carbocycles. The van der Waals surface area contributed by atoms with Crippen molar-refractivity contribution in [2.24, 2.45) is 0 Å². The van der Waals surface area contributed by atoms with Crippen molar-refractivity contribution in [3.63, 3.8) is 0 Å². The fourth-order valence-corrected chi connectivity index (χ4v) is 9.20. The van der Waals surface area contributed by atoms with E-state index in [-0.39, 0.29) is 0 Å². The van der Waals surface area contributed by atoms with Crippen LogP contribution in [0.15, 0.2) is 223 Å². The molecule has 0 radical (unpaired) electrons. The molecule has 2 aromatic heterocycles. The van der Waals surface area contributed by atoms with E-state index < -0.39 is 0 Å². The van der Waals surface area contributed by atoms with E-state index in [1.165, 1.54) is 49.0 Å². The van der Waals surface area contributed by atoms with E-state index in [9.17, 15) is 0 Å². The van der Waals surface area contributed by atoms with Gasteiger partial charge < -0.3 is 13.9 Å². The summed E-state index contributed by atoms with van der Waals surface area (Å²) in [5.74, 6) is 0. The lowest BCUT2D eigenvalue weighted by Gasteiger charge is -2.28. The smallest absolute Gasteiger partial charge is 0.159 e. The fraction of sp³-hybridized carbons (Fsp3) is 0. The molecule has 0 bridgehead atoms. The zero-order valence-corrected chi connectivity index (χ0v) is 32.1. The van der Waals surface area contributed by atoms with Crippen LogP contribution in [0.5, 0.6) is 0 Å². The van der Waals surface area contributed by atoms with Gasteiger partial charge in [0, 0.05) is 38.3 Å². The maximum Gasteiger partial charge on any atom is 0.159 e. The molecule has 12 aromatic rings. The van der Waals surface area contributed by atoms with Crippen LogP contribution in [-0.2, 0) is 0 Å². The van der Waals surface area contributed by atoms with Gasteiger partial charge in [-0.3, -0.25) is 0 Å². The van der Waals surface area contributed by atoms with Crippen LogP contribution >= 0.6 is 0 Å². The molecule has 0 saturated carbocycles. The molecular weight excluding hydrogens is 717 g/mol. The number of aromatic nitrogens is 1. The predicted octanol–water partition coefficient (Wildman–Crippen LogP) is 15.8. The van der Waals surface area contributed by atoms with Gasteiger partial charge in [0.05, 0.1) is 22.4 Å². The summed E-state index contributed by atoms with van der Waals surface area (Å²) < 4.78 is 8.90. The van der Waals surface area contributed by atoms with Crippen molar-refractivity contribution in [2.45, 2.75) is 0 Å². The second kappa shape index (κ2) is 13.4. The number of nitrogens with zero attached hydrogens (tertiary/aromatic N) is 2. The topological polar surface area (TPSA) is 21.3 Å². The van der Waals surface area contributed by atoms with Gasteiger partial charge in [-0.05, 0) is 99.1 Å². The van der Waals surface area contributed by atoms with Crippen LogP contribution in [0.25, 0.3) is 93.2 Å². The van der Waals surface area contributed by atoms with Gasteiger partial charge in [0.2, 0.25) is 0 Å². The van der Waals surface area contributed by atoms with Gasteiger partial charge in [0.15, 0.2) is 5.58 Å². The minimum Gasteiger partial charge on any atom is -0.454 e. The number of hydrogen-bond acceptors (Lipinski definition) is 2. The predicted molar refractivity (Wildman–Crippen MR) is 249 cm³/mol. The van der Waals surface area contributed by atoms with Gasteiger partial charge >= 0.3 is 0 Å². The second-order valence-corrected chi connectivity index (χ2v) is 15.3. The van der Waals surface area contributed by atoms with Crippen molar-refractivity contribution in [3.05, 3.63) is 218 Å². The van der Waals surface area contributed by atoms with Crippen molar-refractivity contribution < 1.29 is 4.42 Å². The third kappa shape index (κ3) is 5.36. The summed E-state index contributed by atoms with van der Waals surface area (Å²) in [6.45, 7) is 0. The van der Waals surface area contributed by atoms with Crippen molar-refractivity contribution in [3.8, 4) is 27.9 Å². The van der Waals surface area contributed by atoms with E-state index in [0.717, 1.165) is 61.3 Å². The number of hydrogen-bond donors (Lipinski definition) is 0. The number of anilines is 3. The summed E-state index contributed by atoms with van der Waals surface area (Å²) in [6.07, 6.45) is 0. The highest BCUT2D eigenvalue weighted by molar-refractivity contribution is 6.15. The highest BCUT2D eigenvalue weighted by Gasteiger charge is 2.20. The van der Waals surface area contributed by atoms with E-state index in [1.54, 1.807) is 0 Å². The first-order chi connectivity index (χ1) is 29.3. The summed E-state index contributed by atoms with van der Waals surface area (Å²) in [4.78, 5) is 2.41. The van der Waals surface area contributed by atoms with Gasteiger partial charge in [-0.2, -0.15) is 0 Å². The molecule has 0 spiro atoms. The van der Waals surface area contributed by atoms with Crippen LogP contribution < -0.4 is 4.90 Å². The van der Waals surface area contributed by atoms with Crippen LogP contribution in [0.2, 0.25) is 0 Å². The van der Waals surface area contributed by atoms with E-state index >= 15 is 0 Å². The Balaban J connectivity index is 0.991. The summed E-state index contributed by atoms with van der Waals surface area (Å²) >= 11 is 0. The Morgan fingerprint density at radius 3 is 1.68 bits per heavy atom. The summed E-state index contributed by atoms with van der Waals surface area (Å²) in [7, 11) is 0. The molecule has 0 N–H and O–H groups in total. The Morgan fingerprint density at radius 2 is 0.898 bits per heavy atom. The quantitative estimate of drug-likeness (QED) is 0.158. The zero-order chi connectivity index (χ0) is 38.9. The molecule has 0 aliphatic rings. The van der Waals surface area contributed by atoms with Gasteiger partial charge in [-0.15, -0.1) is 0 Å². The Bertz CT molecular complexity index is 3540. The molecule has 0 saturated heterocycles. The standard InChI is InChI=1S/C56H36N2O/c1-2-13-37(14-3-1)38-25-30-42(31-26-38)57(54-36-41-15-4-5-16-44(41)45-17-6-7-18-46(45)54)43-32-27-39(28-33-43)40-29-34-52-50(35-40)47-19-8-10-22-51(47)58(52)53-23-12-21-49-48-20-9-11-24-55(48)59-56(49)53/h1-36H. The lowest BCUT2D eigenvalue weighted by molar-refractivity contribution is 0.666. The third-order valence-corrected chi connectivity index (χ3v) is 12.0.